The van der Waals surface area contributed by atoms with Crippen molar-refractivity contribution in [3.05, 3.63) is 57.7 Å². The number of ether oxygens (including phenoxy) is 2. The monoisotopic (exact) mass is 382 g/mol. The molecule has 10 heteroatoms. The highest BCUT2D eigenvalue weighted by Crippen LogP contribution is 2.31. The minimum Gasteiger partial charge on any atom is -0.491 e. The van der Waals surface area contributed by atoms with Crippen LogP contribution in [-0.2, 0) is 0 Å². The van der Waals surface area contributed by atoms with Crippen LogP contribution in [0.1, 0.15) is 11.1 Å². The first kappa shape index (κ1) is 19.4. The molecule has 0 atom stereocenters. The molecule has 0 aliphatic carbocycles. The molecular weight excluding hydrogens is 376 g/mol. The maximum atomic E-state index is 13.8. The lowest BCUT2D eigenvalue weighted by atomic mass is 10.1. The Morgan fingerprint density at radius 2 is 0.692 bits per heavy atom. The molecule has 2 aromatic carbocycles. The second kappa shape index (κ2) is 7.11. The summed E-state index contributed by atoms with van der Waals surface area (Å²) in [5, 5.41) is 0. The van der Waals surface area contributed by atoms with Gasteiger partial charge < -0.3 is 9.47 Å². The molecule has 26 heavy (non-hydrogen) atoms. The number of hydrogen-bond acceptors (Lipinski definition) is 2. The summed E-state index contributed by atoms with van der Waals surface area (Å²) < 4.78 is 118. The Morgan fingerprint density at radius 3 is 0.885 bits per heavy atom. The van der Waals surface area contributed by atoms with Gasteiger partial charge in [0.15, 0.2) is 34.8 Å². The van der Waals surface area contributed by atoms with Crippen LogP contribution in [-0.4, -0.2) is 14.2 Å². The highest BCUT2D eigenvalue weighted by molar-refractivity contribution is 5.50. The average molecular weight is 382 g/mol. The smallest absolute Gasteiger partial charge is 0.205 e. The van der Waals surface area contributed by atoms with Crippen LogP contribution in [0.5, 0.6) is 11.5 Å². The Morgan fingerprint density at radius 1 is 0.462 bits per heavy atom. The Bertz CT molecular complexity index is 826. The van der Waals surface area contributed by atoms with E-state index < -0.39 is 69.2 Å². The largest absolute Gasteiger partial charge is 0.491 e. The van der Waals surface area contributed by atoms with Crippen molar-refractivity contribution in [2.75, 3.05) is 14.2 Å². The van der Waals surface area contributed by atoms with Crippen molar-refractivity contribution in [2.45, 2.75) is 0 Å². The molecule has 0 aliphatic heterocycles. The third-order valence-electron chi connectivity index (χ3n) is 3.17. The molecule has 0 saturated carbocycles. The third-order valence-corrected chi connectivity index (χ3v) is 3.17. The van der Waals surface area contributed by atoms with Gasteiger partial charge in [0.2, 0.25) is 23.3 Å². The molecule has 0 unspecified atom stereocenters. The Kier molecular flexibility index (Phi) is 5.30. The van der Waals surface area contributed by atoms with E-state index in [1.165, 1.54) is 11.8 Å². The van der Waals surface area contributed by atoms with E-state index in [-0.39, 0.29) is 0 Å². The summed E-state index contributed by atoms with van der Waals surface area (Å²) in [6, 6.07) is 0. The van der Waals surface area contributed by atoms with Crippen LogP contribution in [0.3, 0.4) is 0 Å². The van der Waals surface area contributed by atoms with E-state index in [0.717, 1.165) is 14.2 Å². The quantitative estimate of drug-likeness (QED) is 0.440. The summed E-state index contributed by atoms with van der Waals surface area (Å²) in [5.74, 6) is -15.9. The van der Waals surface area contributed by atoms with Gasteiger partial charge in [-0.05, 0) is 0 Å². The number of benzene rings is 2. The fourth-order valence-electron chi connectivity index (χ4n) is 1.93. The van der Waals surface area contributed by atoms with E-state index in [1.54, 1.807) is 0 Å². The molecule has 0 amide bonds. The first-order valence-corrected chi connectivity index (χ1v) is 6.49. The van der Waals surface area contributed by atoms with Crippen LogP contribution in [0.4, 0.5) is 35.1 Å². The van der Waals surface area contributed by atoms with Gasteiger partial charge in [-0.3, -0.25) is 0 Å². The Hall–Kier alpha value is -2.96. The predicted molar refractivity (Wildman–Crippen MR) is 71.6 cm³/mol. The zero-order valence-corrected chi connectivity index (χ0v) is 12.8. The third kappa shape index (κ3) is 2.89. The highest BCUT2D eigenvalue weighted by atomic mass is 19.2. The molecule has 2 rings (SSSR count). The zero-order chi connectivity index (χ0) is 19.8. The summed E-state index contributed by atoms with van der Waals surface area (Å²) in [4.78, 5) is 0. The van der Waals surface area contributed by atoms with Crippen LogP contribution in [0.25, 0.3) is 0 Å². The SMILES string of the molecule is COc1c(F)c(F)c(C#Cc2c(F)c(F)c(OC)c(F)c2F)c(F)c1F. The van der Waals surface area contributed by atoms with E-state index in [2.05, 4.69) is 9.47 Å². The molecule has 0 saturated heterocycles. The summed E-state index contributed by atoms with van der Waals surface area (Å²) in [6.45, 7) is 0. The van der Waals surface area contributed by atoms with Crippen LogP contribution >= 0.6 is 0 Å². The molecule has 0 aromatic heterocycles. The first-order chi connectivity index (χ1) is 12.2. The topological polar surface area (TPSA) is 18.5 Å². The van der Waals surface area contributed by atoms with Crippen molar-refractivity contribution in [2.24, 2.45) is 0 Å². The van der Waals surface area contributed by atoms with Crippen molar-refractivity contribution in [1.82, 2.24) is 0 Å². The van der Waals surface area contributed by atoms with Crippen LogP contribution in [0, 0.1) is 58.4 Å². The number of hydrogen-bond donors (Lipinski definition) is 0. The van der Waals surface area contributed by atoms with Crippen molar-refractivity contribution in [3.8, 4) is 23.3 Å². The molecule has 0 aliphatic rings. The lowest BCUT2D eigenvalue weighted by Gasteiger charge is -2.08. The lowest BCUT2D eigenvalue weighted by molar-refractivity contribution is 0.331. The van der Waals surface area contributed by atoms with Gasteiger partial charge >= 0.3 is 0 Å². The Balaban J connectivity index is 2.73. The molecular formula is C16H6F8O2. The average Bonchev–Trinajstić information content (AvgIpc) is 2.62. The van der Waals surface area contributed by atoms with Gasteiger partial charge in [-0.25, -0.2) is 17.6 Å². The highest BCUT2D eigenvalue weighted by Gasteiger charge is 2.27. The molecule has 2 aromatic rings. The number of rotatable bonds is 2. The number of methoxy groups -OCH3 is 2. The van der Waals surface area contributed by atoms with Crippen molar-refractivity contribution in [3.63, 3.8) is 0 Å². The zero-order valence-electron chi connectivity index (χ0n) is 12.8. The second-order valence-corrected chi connectivity index (χ2v) is 4.58. The van der Waals surface area contributed by atoms with Crippen LogP contribution in [0.2, 0.25) is 0 Å². The molecule has 0 bridgehead atoms. The number of halogens is 8. The molecule has 0 fully saturated rings. The minimum absolute atomic E-state index is 0.736. The van der Waals surface area contributed by atoms with Crippen molar-refractivity contribution in [1.29, 1.82) is 0 Å². The predicted octanol–water partition coefficient (Wildman–Crippen LogP) is 4.22. The second-order valence-electron chi connectivity index (χ2n) is 4.58. The summed E-state index contributed by atoms with van der Waals surface area (Å²) in [5.41, 5.74) is -3.12. The fourth-order valence-corrected chi connectivity index (χ4v) is 1.93. The van der Waals surface area contributed by atoms with E-state index in [4.69, 9.17) is 0 Å². The molecule has 0 N–H and O–H groups in total. The maximum Gasteiger partial charge on any atom is 0.205 e. The van der Waals surface area contributed by atoms with Gasteiger partial charge in [-0.15, -0.1) is 0 Å². The minimum atomic E-state index is -2.02. The molecule has 0 radical (unpaired) electrons. The van der Waals surface area contributed by atoms with Crippen molar-refractivity contribution < 1.29 is 44.6 Å². The van der Waals surface area contributed by atoms with Gasteiger partial charge in [-0.1, -0.05) is 11.8 Å². The molecule has 0 heterocycles. The molecule has 138 valence electrons. The van der Waals surface area contributed by atoms with Gasteiger partial charge in [-0.2, -0.15) is 17.6 Å². The van der Waals surface area contributed by atoms with Gasteiger partial charge in [0.25, 0.3) is 0 Å². The van der Waals surface area contributed by atoms with Crippen molar-refractivity contribution >= 4 is 0 Å². The van der Waals surface area contributed by atoms with E-state index >= 15 is 0 Å². The van der Waals surface area contributed by atoms with Gasteiger partial charge in [0.05, 0.1) is 14.2 Å². The lowest BCUT2D eigenvalue weighted by Crippen LogP contribution is -2.05. The normalized spacial score (nSPS) is 10.4. The summed E-state index contributed by atoms with van der Waals surface area (Å²) in [7, 11) is 1.47. The van der Waals surface area contributed by atoms with Gasteiger partial charge in [0.1, 0.15) is 11.1 Å². The fraction of sp³-hybridized carbons (Fsp3) is 0.125. The maximum absolute atomic E-state index is 13.8. The standard InChI is InChI=1S/C16H6F8O2/c1-25-15-11(21)7(17)5(8(18)12(15)22)3-4-6-9(19)13(23)16(26-2)14(24)10(6)20/h1-2H3. The van der Waals surface area contributed by atoms with Crippen LogP contribution in [0.15, 0.2) is 0 Å². The summed E-state index contributed by atoms with van der Waals surface area (Å²) in [6.07, 6.45) is 0. The van der Waals surface area contributed by atoms with Gasteiger partial charge in [0, 0.05) is 0 Å². The van der Waals surface area contributed by atoms with Crippen LogP contribution < -0.4 is 9.47 Å². The summed E-state index contributed by atoms with van der Waals surface area (Å²) >= 11 is 0. The molecule has 0 spiro atoms. The van der Waals surface area contributed by atoms with E-state index in [1.807, 2.05) is 0 Å². The van der Waals surface area contributed by atoms with E-state index in [9.17, 15) is 35.1 Å². The first-order valence-electron chi connectivity index (χ1n) is 6.49. The Labute approximate surface area is 140 Å². The van der Waals surface area contributed by atoms with E-state index in [0.29, 0.717) is 0 Å². The molecule has 2 nitrogen and oxygen atoms in total.